The van der Waals surface area contributed by atoms with Crippen LogP contribution in [0.2, 0.25) is 0 Å². The second-order valence-electron chi connectivity index (χ2n) is 4.23. The summed E-state index contributed by atoms with van der Waals surface area (Å²) in [6.07, 6.45) is 1.25. The Balaban J connectivity index is 0.000000452. The van der Waals surface area contributed by atoms with E-state index in [1.165, 1.54) is 18.0 Å². The van der Waals surface area contributed by atoms with E-state index in [4.69, 9.17) is 5.73 Å². The zero-order valence-electron chi connectivity index (χ0n) is 11.7. The number of nitrogens with zero attached hydrogens (tertiary/aromatic N) is 3. The first kappa shape index (κ1) is 14.7. The highest BCUT2D eigenvalue weighted by molar-refractivity contribution is 7.17. The number of aromatic nitrogens is 3. The van der Waals surface area contributed by atoms with Crippen molar-refractivity contribution in [1.82, 2.24) is 14.3 Å². The Kier molecular flexibility index (Phi) is 4.86. The second-order valence-corrected chi connectivity index (χ2v) is 5.95. The van der Waals surface area contributed by atoms with Crippen LogP contribution in [0.25, 0.3) is 10.2 Å². The average Bonchev–Trinajstić information content (AvgIpc) is 3.00. The van der Waals surface area contributed by atoms with E-state index in [0.717, 1.165) is 20.9 Å². The van der Waals surface area contributed by atoms with E-state index in [2.05, 4.69) is 33.5 Å². The van der Waals surface area contributed by atoms with Crippen LogP contribution in [0.4, 0.5) is 16.8 Å². The molecule has 20 heavy (non-hydrogen) atoms. The molecule has 0 radical (unpaired) electrons. The van der Waals surface area contributed by atoms with Gasteiger partial charge in [-0.2, -0.15) is 9.36 Å². The molecule has 3 aromatic rings. The van der Waals surface area contributed by atoms with Gasteiger partial charge < -0.3 is 11.1 Å². The fraction of sp³-hybridized carbons (Fsp3) is 0.308. The van der Waals surface area contributed by atoms with Crippen molar-refractivity contribution < 1.29 is 0 Å². The first-order valence-electron chi connectivity index (χ1n) is 6.35. The third kappa shape index (κ3) is 3.43. The maximum absolute atomic E-state index is 5.87. The maximum atomic E-state index is 5.87. The van der Waals surface area contributed by atoms with Gasteiger partial charge in [-0.25, -0.2) is 4.98 Å². The van der Waals surface area contributed by atoms with Crippen molar-refractivity contribution in [3.05, 3.63) is 23.2 Å². The molecule has 7 heteroatoms. The Hall–Kier alpha value is -1.73. The van der Waals surface area contributed by atoms with Crippen LogP contribution in [0.15, 0.2) is 17.5 Å². The van der Waals surface area contributed by atoms with Gasteiger partial charge in [-0.3, -0.25) is 0 Å². The van der Waals surface area contributed by atoms with Gasteiger partial charge in [-0.05, 0) is 36.0 Å². The molecule has 0 aromatic carbocycles. The fourth-order valence-corrected chi connectivity index (χ4v) is 2.86. The number of nitrogen functional groups attached to an aromatic ring is 1. The molecular weight excluding hydrogens is 290 g/mol. The van der Waals surface area contributed by atoms with E-state index in [1.54, 1.807) is 11.3 Å². The number of nitrogens with one attached hydrogen (secondary N) is 1. The lowest BCUT2D eigenvalue weighted by Gasteiger charge is -2.02. The molecule has 0 unspecified atom stereocenters. The highest BCUT2D eigenvalue weighted by Gasteiger charge is 2.07. The van der Waals surface area contributed by atoms with Crippen molar-refractivity contribution in [2.45, 2.75) is 27.2 Å². The molecule has 0 aliphatic heterocycles. The Bertz CT molecular complexity index is 689. The summed E-state index contributed by atoms with van der Waals surface area (Å²) in [5, 5.41) is 5.97. The molecule has 3 aromatic heterocycles. The molecule has 0 aliphatic rings. The quantitative estimate of drug-likeness (QED) is 0.742. The molecule has 0 saturated carbocycles. The van der Waals surface area contributed by atoms with Crippen LogP contribution in [-0.2, 0) is 0 Å². The molecule has 0 bridgehead atoms. The summed E-state index contributed by atoms with van der Waals surface area (Å²) < 4.78 is 5.11. The van der Waals surface area contributed by atoms with Crippen molar-refractivity contribution in [3.8, 4) is 0 Å². The molecule has 3 rings (SSSR count). The lowest BCUT2D eigenvalue weighted by molar-refractivity contribution is 1.09. The van der Waals surface area contributed by atoms with E-state index in [0.29, 0.717) is 11.8 Å². The Morgan fingerprint density at radius 2 is 2.05 bits per heavy atom. The predicted octanol–water partition coefficient (Wildman–Crippen LogP) is 4.20. The van der Waals surface area contributed by atoms with Crippen LogP contribution < -0.4 is 11.1 Å². The first-order chi connectivity index (χ1) is 9.63. The summed E-state index contributed by atoms with van der Waals surface area (Å²) in [5.74, 6) is 1.02. The zero-order valence-corrected chi connectivity index (χ0v) is 13.3. The van der Waals surface area contributed by atoms with Gasteiger partial charge in [0, 0.05) is 0 Å². The minimum atomic E-state index is 0.508. The Morgan fingerprint density at radius 1 is 1.30 bits per heavy atom. The topological polar surface area (TPSA) is 76.7 Å². The van der Waals surface area contributed by atoms with Gasteiger partial charge in [0.05, 0.1) is 15.9 Å². The van der Waals surface area contributed by atoms with Crippen LogP contribution >= 0.6 is 22.9 Å². The molecular formula is C13H17N5S2. The van der Waals surface area contributed by atoms with Crippen molar-refractivity contribution in [2.24, 2.45) is 0 Å². The van der Waals surface area contributed by atoms with E-state index >= 15 is 0 Å². The molecule has 3 N–H and O–H groups in total. The van der Waals surface area contributed by atoms with Crippen molar-refractivity contribution >= 4 is 49.9 Å². The monoisotopic (exact) mass is 307 g/mol. The third-order valence-corrected chi connectivity index (χ3v) is 3.91. The summed E-state index contributed by atoms with van der Waals surface area (Å²) in [6.45, 7) is 6.19. The van der Waals surface area contributed by atoms with E-state index in [9.17, 15) is 0 Å². The highest BCUT2D eigenvalue weighted by Crippen LogP contribution is 2.27. The minimum absolute atomic E-state index is 0.508. The van der Waals surface area contributed by atoms with Crippen LogP contribution in [0.5, 0.6) is 0 Å². The van der Waals surface area contributed by atoms with Gasteiger partial charge in [0.2, 0.25) is 5.95 Å². The molecule has 0 aliphatic carbocycles. The van der Waals surface area contributed by atoms with Gasteiger partial charge in [-0.15, -0.1) is 11.3 Å². The summed E-state index contributed by atoms with van der Waals surface area (Å²) in [7, 11) is 0. The van der Waals surface area contributed by atoms with Gasteiger partial charge in [0.25, 0.3) is 0 Å². The van der Waals surface area contributed by atoms with Gasteiger partial charge in [-0.1, -0.05) is 20.3 Å². The molecule has 0 saturated heterocycles. The van der Waals surface area contributed by atoms with E-state index in [-0.39, 0.29) is 0 Å². The average molecular weight is 307 g/mol. The third-order valence-electron chi connectivity index (χ3n) is 2.19. The largest absolute Gasteiger partial charge is 0.382 e. The number of anilines is 3. The Morgan fingerprint density at radius 3 is 2.70 bits per heavy atom. The lowest BCUT2D eigenvalue weighted by Crippen LogP contribution is -1.99. The van der Waals surface area contributed by atoms with Crippen molar-refractivity contribution in [1.29, 1.82) is 0 Å². The normalized spacial score (nSPS) is 10.2. The smallest absolute Gasteiger partial charge is 0.230 e. The van der Waals surface area contributed by atoms with Gasteiger partial charge in [0.1, 0.15) is 10.8 Å². The number of hydrogen-bond acceptors (Lipinski definition) is 7. The number of thiophene rings is 1. The first-order valence-corrected chi connectivity index (χ1v) is 8.00. The van der Waals surface area contributed by atoms with Gasteiger partial charge in [0.15, 0.2) is 0 Å². The number of nitrogens with two attached hydrogens (primary N) is 1. The van der Waals surface area contributed by atoms with Gasteiger partial charge >= 0.3 is 0 Å². The number of rotatable bonds is 2. The highest BCUT2D eigenvalue weighted by atomic mass is 32.1. The summed E-state index contributed by atoms with van der Waals surface area (Å²) in [6, 6.07) is 3.88. The van der Waals surface area contributed by atoms with Crippen LogP contribution in [0.1, 0.15) is 26.0 Å². The summed E-state index contributed by atoms with van der Waals surface area (Å²) >= 11 is 2.92. The van der Waals surface area contributed by atoms with Crippen molar-refractivity contribution in [3.63, 3.8) is 0 Å². The predicted molar refractivity (Wildman–Crippen MR) is 87.9 cm³/mol. The van der Waals surface area contributed by atoms with E-state index in [1.807, 2.05) is 24.4 Å². The van der Waals surface area contributed by atoms with Crippen molar-refractivity contribution in [2.75, 3.05) is 11.1 Å². The molecule has 0 spiro atoms. The molecule has 0 atom stereocenters. The van der Waals surface area contributed by atoms with Crippen LogP contribution in [0.3, 0.4) is 0 Å². The molecule has 0 fully saturated rings. The zero-order chi connectivity index (χ0) is 14.5. The summed E-state index contributed by atoms with van der Waals surface area (Å²) in [5.41, 5.74) is 7.71. The number of aryl methyl sites for hydroxylation is 1. The molecule has 0 amide bonds. The van der Waals surface area contributed by atoms with E-state index < -0.39 is 0 Å². The fourth-order valence-electron chi connectivity index (χ4n) is 1.47. The van der Waals surface area contributed by atoms with Crippen LogP contribution in [-0.4, -0.2) is 14.3 Å². The standard InChI is InChI=1S/C10H9N5S2.C3H8/c1-5-4-7(17-15-5)13-10-12-6-2-3-16-8(6)9(11)14-10;1-3-2/h2-4H,1H3,(H3,11,12,13,14);3H2,1-2H3. The maximum Gasteiger partial charge on any atom is 0.230 e. The number of fused-ring (bicyclic) bond motifs is 1. The molecule has 5 nitrogen and oxygen atoms in total. The summed E-state index contributed by atoms with van der Waals surface area (Å²) in [4.78, 5) is 8.61. The SMILES string of the molecule is CCC.Cc1cc(Nc2nc(N)c3sccc3n2)sn1. The molecule has 3 heterocycles. The number of hydrogen-bond donors (Lipinski definition) is 2. The molecule has 106 valence electrons. The minimum Gasteiger partial charge on any atom is -0.382 e. The lowest BCUT2D eigenvalue weighted by atomic mass is 10.4. The second kappa shape index (κ2) is 6.62. The van der Waals surface area contributed by atoms with Crippen LogP contribution in [0, 0.1) is 6.92 Å². The Labute approximate surface area is 126 Å².